The third-order valence-electron chi connectivity index (χ3n) is 7.17. The number of pyridine rings is 1. The largest absolute Gasteiger partial charge is 0.435 e. The summed E-state index contributed by atoms with van der Waals surface area (Å²) in [6.07, 6.45) is 3.56. The summed E-state index contributed by atoms with van der Waals surface area (Å²) in [5, 5.41) is 31.7. The third-order valence-corrected chi connectivity index (χ3v) is 7.40. The quantitative estimate of drug-likeness (QED) is 0.338. The molecule has 1 fully saturated rings. The molecule has 6 rings (SSSR count). The molecule has 3 aromatic heterocycles. The van der Waals surface area contributed by atoms with E-state index in [1.165, 1.54) is 42.9 Å². The van der Waals surface area contributed by atoms with E-state index < -0.39 is 35.7 Å². The molecule has 1 aromatic carbocycles. The molecule has 3 N–H and O–H groups in total. The standard InChI is InChI=1S/C26H22ClF3N4O4/c1-25(36)10-26(37,11-25)23-31-7-12(8-32-23)16-9-34-20(6-17(16)28)33-21-18(35)5-15(22(21)34)14-4-13(27)2-3-19(14)38-24(29)30/h2-4,6-9,15,18,24,35-37H,5,10-11H2,1H3/t15-,18-,25-,26+/m1/s1. The van der Waals surface area contributed by atoms with Crippen molar-refractivity contribution in [3.8, 4) is 16.9 Å². The highest BCUT2D eigenvalue weighted by Gasteiger charge is 2.53. The van der Waals surface area contributed by atoms with E-state index in [1.807, 2.05) is 0 Å². The lowest BCUT2D eigenvalue weighted by Gasteiger charge is -2.46. The number of alkyl halides is 2. The van der Waals surface area contributed by atoms with Gasteiger partial charge in [-0.1, -0.05) is 11.6 Å². The summed E-state index contributed by atoms with van der Waals surface area (Å²) >= 11 is 6.17. The number of halogens is 4. The fourth-order valence-electron chi connectivity index (χ4n) is 5.69. The van der Waals surface area contributed by atoms with Gasteiger partial charge in [0, 0.05) is 65.1 Å². The van der Waals surface area contributed by atoms with Crippen LogP contribution >= 0.6 is 11.6 Å². The molecule has 3 heterocycles. The van der Waals surface area contributed by atoms with Crippen molar-refractivity contribution in [1.82, 2.24) is 19.4 Å². The molecule has 1 saturated carbocycles. The van der Waals surface area contributed by atoms with E-state index in [-0.39, 0.29) is 42.0 Å². The second kappa shape index (κ2) is 8.63. The molecule has 0 spiro atoms. The van der Waals surface area contributed by atoms with Crippen LogP contribution in [0.5, 0.6) is 5.75 Å². The lowest BCUT2D eigenvalue weighted by Crippen LogP contribution is -2.53. The highest BCUT2D eigenvalue weighted by atomic mass is 35.5. The van der Waals surface area contributed by atoms with Gasteiger partial charge in [0.2, 0.25) is 0 Å². The van der Waals surface area contributed by atoms with Crippen LogP contribution in [0, 0.1) is 5.82 Å². The van der Waals surface area contributed by atoms with E-state index in [4.69, 9.17) is 16.3 Å². The maximum Gasteiger partial charge on any atom is 0.387 e. The Hall–Kier alpha value is -3.25. The number of benzene rings is 1. The predicted octanol–water partition coefficient (Wildman–Crippen LogP) is 4.49. The first-order valence-corrected chi connectivity index (χ1v) is 12.2. The number of aliphatic hydroxyl groups excluding tert-OH is 1. The van der Waals surface area contributed by atoms with Gasteiger partial charge in [0.25, 0.3) is 0 Å². The van der Waals surface area contributed by atoms with Gasteiger partial charge >= 0.3 is 6.61 Å². The molecule has 2 aliphatic carbocycles. The van der Waals surface area contributed by atoms with Gasteiger partial charge in [0.1, 0.15) is 22.8 Å². The van der Waals surface area contributed by atoms with Gasteiger partial charge < -0.3 is 24.5 Å². The van der Waals surface area contributed by atoms with E-state index in [9.17, 15) is 24.1 Å². The molecule has 0 aliphatic heterocycles. The molecule has 198 valence electrons. The van der Waals surface area contributed by atoms with Crippen LogP contribution in [0.1, 0.15) is 61.0 Å². The maximum absolute atomic E-state index is 15.2. The number of ether oxygens (including phenoxy) is 1. The van der Waals surface area contributed by atoms with Crippen molar-refractivity contribution in [2.75, 3.05) is 0 Å². The Morgan fingerprint density at radius 1 is 1.16 bits per heavy atom. The number of fused-ring (bicyclic) bond motifs is 3. The molecule has 0 bridgehead atoms. The van der Waals surface area contributed by atoms with Gasteiger partial charge in [-0.25, -0.2) is 19.3 Å². The van der Waals surface area contributed by atoms with Crippen molar-refractivity contribution in [3.63, 3.8) is 0 Å². The summed E-state index contributed by atoms with van der Waals surface area (Å²) in [7, 11) is 0. The lowest BCUT2D eigenvalue weighted by molar-refractivity contribution is -0.180. The van der Waals surface area contributed by atoms with Crippen LogP contribution in [0.15, 0.2) is 42.9 Å². The van der Waals surface area contributed by atoms with Crippen LogP contribution in [-0.2, 0) is 5.60 Å². The van der Waals surface area contributed by atoms with E-state index in [2.05, 4.69) is 15.0 Å². The first-order valence-electron chi connectivity index (χ1n) is 11.9. The SMILES string of the molecule is C[C@]1(O)C[C@](O)(c2ncc(-c3cn4c5c(nc4cc3F)[C@H](O)C[C@@H]5c3cc(Cl)ccc3OC(F)F)cn2)C1. The molecule has 12 heteroatoms. The molecule has 2 aliphatic rings. The molecule has 2 atom stereocenters. The van der Waals surface area contributed by atoms with Crippen LogP contribution in [0.4, 0.5) is 13.2 Å². The number of hydrogen-bond acceptors (Lipinski definition) is 7. The molecule has 8 nitrogen and oxygen atoms in total. The van der Waals surface area contributed by atoms with Crippen molar-refractivity contribution < 1.29 is 33.2 Å². The van der Waals surface area contributed by atoms with Crippen LogP contribution in [0.3, 0.4) is 0 Å². The summed E-state index contributed by atoms with van der Waals surface area (Å²) in [6, 6.07) is 5.49. The molecule has 4 aromatic rings. The zero-order valence-corrected chi connectivity index (χ0v) is 20.7. The summed E-state index contributed by atoms with van der Waals surface area (Å²) in [4.78, 5) is 12.8. The van der Waals surface area contributed by atoms with Gasteiger partial charge in [-0.15, -0.1) is 0 Å². The average molecular weight is 547 g/mol. The summed E-state index contributed by atoms with van der Waals surface area (Å²) in [6.45, 7) is -1.45. The number of imidazole rings is 1. The Balaban J connectivity index is 1.43. The summed E-state index contributed by atoms with van der Waals surface area (Å²) in [5.74, 6) is -1.17. The van der Waals surface area contributed by atoms with Crippen LogP contribution in [0.2, 0.25) is 5.02 Å². The van der Waals surface area contributed by atoms with Gasteiger partial charge in [-0.2, -0.15) is 8.78 Å². The zero-order chi connectivity index (χ0) is 27.0. The van der Waals surface area contributed by atoms with Crippen LogP contribution in [0.25, 0.3) is 16.8 Å². The second-order valence-electron chi connectivity index (χ2n) is 10.2. The van der Waals surface area contributed by atoms with Gasteiger partial charge in [0.05, 0.1) is 23.1 Å². The van der Waals surface area contributed by atoms with E-state index >= 15 is 4.39 Å². The van der Waals surface area contributed by atoms with Crippen molar-refractivity contribution >= 4 is 17.2 Å². The maximum atomic E-state index is 15.2. The topological polar surface area (TPSA) is 113 Å². The molecular formula is C26H22ClF3N4O4. The number of aromatic nitrogens is 4. The minimum absolute atomic E-state index is 0.0800. The van der Waals surface area contributed by atoms with Crippen molar-refractivity contribution in [2.45, 2.75) is 56.0 Å². The Kier molecular flexibility index (Phi) is 5.69. The monoisotopic (exact) mass is 546 g/mol. The molecule has 0 unspecified atom stereocenters. The predicted molar refractivity (Wildman–Crippen MR) is 129 cm³/mol. The van der Waals surface area contributed by atoms with Crippen molar-refractivity contribution in [2.24, 2.45) is 0 Å². The fraction of sp³-hybridized carbons (Fsp3) is 0.346. The Bertz CT molecular complexity index is 1550. The van der Waals surface area contributed by atoms with Gasteiger partial charge in [0.15, 0.2) is 5.82 Å². The van der Waals surface area contributed by atoms with Crippen LogP contribution < -0.4 is 4.74 Å². The van der Waals surface area contributed by atoms with Gasteiger partial charge in [-0.05, 0) is 31.5 Å². The normalized spacial score (nSPS) is 26.6. The first kappa shape index (κ1) is 25.1. The van der Waals surface area contributed by atoms with E-state index in [1.54, 1.807) is 11.3 Å². The highest BCUT2D eigenvalue weighted by molar-refractivity contribution is 6.30. The highest BCUT2D eigenvalue weighted by Crippen LogP contribution is 2.48. The Labute approximate surface area is 219 Å². The molecule has 0 radical (unpaired) electrons. The minimum atomic E-state index is -3.06. The minimum Gasteiger partial charge on any atom is -0.435 e. The fourth-order valence-corrected chi connectivity index (χ4v) is 5.87. The Morgan fingerprint density at radius 2 is 1.87 bits per heavy atom. The van der Waals surface area contributed by atoms with Crippen LogP contribution in [-0.4, -0.2) is 46.9 Å². The zero-order valence-electron chi connectivity index (χ0n) is 19.9. The number of hydrogen-bond donors (Lipinski definition) is 3. The lowest BCUT2D eigenvalue weighted by atomic mass is 9.68. The molecule has 0 amide bonds. The number of nitrogens with zero attached hydrogens (tertiary/aromatic N) is 4. The Morgan fingerprint density at radius 3 is 2.53 bits per heavy atom. The third kappa shape index (κ3) is 4.10. The van der Waals surface area contributed by atoms with E-state index in [0.29, 0.717) is 27.5 Å². The van der Waals surface area contributed by atoms with Crippen molar-refractivity contribution in [1.29, 1.82) is 0 Å². The molecule has 0 saturated heterocycles. The summed E-state index contributed by atoms with van der Waals surface area (Å²) in [5.41, 5.74) is -0.521. The number of rotatable bonds is 5. The average Bonchev–Trinajstić information content (AvgIpc) is 3.35. The number of aliphatic hydroxyl groups is 3. The smallest absolute Gasteiger partial charge is 0.387 e. The van der Waals surface area contributed by atoms with E-state index in [0.717, 1.165) is 0 Å². The van der Waals surface area contributed by atoms with Gasteiger partial charge in [-0.3, -0.25) is 0 Å². The first-order chi connectivity index (χ1) is 17.9. The summed E-state index contributed by atoms with van der Waals surface area (Å²) < 4.78 is 47.7. The molecule has 38 heavy (non-hydrogen) atoms. The molecular weight excluding hydrogens is 525 g/mol. The second-order valence-corrected chi connectivity index (χ2v) is 10.6. The van der Waals surface area contributed by atoms with Crippen molar-refractivity contribution in [3.05, 3.63) is 76.5 Å².